The van der Waals surface area contributed by atoms with E-state index >= 15 is 0 Å². The standard InChI is InChI=1S/C18H21BrF2N2O3/c1-18(2,3)26-17(24)23-12-5-10(6-12)16(22-25)14(23)7-9-4-11(20)8-13(19)15(9)21/h4,8,10,12,14,25H,5-7H2,1-3H3. The van der Waals surface area contributed by atoms with E-state index in [9.17, 15) is 18.8 Å². The molecular formula is C18H21BrF2N2O3. The molecule has 8 heteroatoms. The Morgan fingerprint density at radius 1 is 1.38 bits per heavy atom. The lowest BCUT2D eigenvalue weighted by Crippen LogP contribution is -2.65. The van der Waals surface area contributed by atoms with Gasteiger partial charge in [-0.3, -0.25) is 4.90 Å². The maximum absolute atomic E-state index is 14.4. The summed E-state index contributed by atoms with van der Waals surface area (Å²) in [6, 6.07) is 1.42. The summed E-state index contributed by atoms with van der Waals surface area (Å²) in [6.07, 6.45) is 0.839. The summed E-state index contributed by atoms with van der Waals surface area (Å²) in [6.45, 7) is 5.29. The maximum atomic E-state index is 14.4. The van der Waals surface area contributed by atoms with Gasteiger partial charge < -0.3 is 9.94 Å². The molecule has 142 valence electrons. The van der Waals surface area contributed by atoms with Gasteiger partial charge in [-0.25, -0.2) is 13.6 Å². The third-order valence-electron chi connectivity index (χ3n) is 4.80. The van der Waals surface area contributed by atoms with Gasteiger partial charge in [0.15, 0.2) is 0 Å². The van der Waals surface area contributed by atoms with E-state index in [1.165, 1.54) is 4.90 Å². The minimum absolute atomic E-state index is 0.00777. The van der Waals surface area contributed by atoms with Crippen LogP contribution >= 0.6 is 15.9 Å². The molecule has 1 unspecified atom stereocenters. The van der Waals surface area contributed by atoms with E-state index in [1.54, 1.807) is 20.8 Å². The zero-order chi connectivity index (χ0) is 19.2. The van der Waals surface area contributed by atoms with Crippen molar-refractivity contribution in [2.45, 2.75) is 57.7 Å². The van der Waals surface area contributed by atoms with E-state index in [0.29, 0.717) is 18.6 Å². The van der Waals surface area contributed by atoms with Crippen LogP contribution < -0.4 is 0 Å². The fourth-order valence-electron chi connectivity index (χ4n) is 3.63. The highest BCUT2D eigenvalue weighted by Gasteiger charge is 2.52. The number of rotatable bonds is 2. The SMILES string of the molecule is CC(C)(C)OC(=O)N1C2CC(C2)C(=NO)C1Cc1cc(F)cc(Br)c1F. The number of hydrogen-bond acceptors (Lipinski definition) is 4. The summed E-state index contributed by atoms with van der Waals surface area (Å²) >= 11 is 3.00. The minimum atomic E-state index is -0.689. The maximum Gasteiger partial charge on any atom is 0.411 e. The average molecular weight is 431 g/mol. The van der Waals surface area contributed by atoms with Crippen LogP contribution in [0.3, 0.4) is 0 Å². The lowest BCUT2D eigenvalue weighted by molar-refractivity contribution is -0.0143. The summed E-state index contributed by atoms with van der Waals surface area (Å²) in [4.78, 5) is 14.2. The molecule has 1 aliphatic carbocycles. The summed E-state index contributed by atoms with van der Waals surface area (Å²) in [5, 5.41) is 12.9. The molecule has 2 bridgehead atoms. The van der Waals surface area contributed by atoms with Gasteiger partial charge >= 0.3 is 6.09 Å². The normalized spacial score (nSPS) is 26.6. The molecule has 2 aliphatic heterocycles. The van der Waals surface area contributed by atoms with Gasteiger partial charge in [-0.2, -0.15) is 0 Å². The Hall–Kier alpha value is -1.70. The monoisotopic (exact) mass is 430 g/mol. The van der Waals surface area contributed by atoms with Crippen molar-refractivity contribution in [3.63, 3.8) is 0 Å². The molecule has 26 heavy (non-hydrogen) atoms. The van der Waals surface area contributed by atoms with Gasteiger partial charge in [-0.05, 0) is 67.2 Å². The highest BCUT2D eigenvalue weighted by atomic mass is 79.9. The third kappa shape index (κ3) is 3.56. The fourth-order valence-corrected chi connectivity index (χ4v) is 4.11. The molecule has 0 radical (unpaired) electrons. The molecule has 1 amide bonds. The largest absolute Gasteiger partial charge is 0.444 e. The number of piperidine rings is 2. The Balaban J connectivity index is 1.94. The molecule has 2 heterocycles. The first-order valence-electron chi connectivity index (χ1n) is 8.47. The van der Waals surface area contributed by atoms with Crippen LogP contribution in [0.4, 0.5) is 13.6 Å². The van der Waals surface area contributed by atoms with E-state index in [0.717, 1.165) is 12.1 Å². The number of amides is 1. The van der Waals surface area contributed by atoms with E-state index in [2.05, 4.69) is 21.1 Å². The number of carbonyl (C=O) groups excluding carboxylic acids is 1. The van der Waals surface area contributed by atoms with Crippen molar-refractivity contribution in [1.29, 1.82) is 0 Å². The Labute approximate surface area is 159 Å². The van der Waals surface area contributed by atoms with Gasteiger partial charge in [0.25, 0.3) is 0 Å². The summed E-state index contributed by atoms with van der Waals surface area (Å²) in [5.41, 5.74) is -0.165. The number of oxime groups is 1. The van der Waals surface area contributed by atoms with Crippen LogP contribution in [0, 0.1) is 17.6 Å². The number of halogens is 3. The van der Waals surface area contributed by atoms with Crippen molar-refractivity contribution >= 4 is 27.7 Å². The molecular weight excluding hydrogens is 410 g/mol. The number of nitrogens with zero attached hydrogens (tertiary/aromatic N) is 2. The Morgan fingerprint density at radius 3 is 2.62 bits per heavy atom. The van der Waals surface area contributed by atoms with Crippen LogP contribution in [-0.4, -0.2) is 39.6 Å². The van der Waals surface area contributed by atoms with Gasteiger partial charge in [0, 0.05) is 18.4 Å². The van der Waals surface area contributed by atoms with E-state index in [-0.39, 0.29) is 28.4 Å². The van der Waals surface area contributed by atoms with Crippen molar-refractivity contribution in [2.75, 3.05) is 0 Å². The Morgan fingerprint density at radius 2 is 2.04 bits per heavy atom. The van der Waals surface area contributed by atoms with Crippen LogP contribution in [-0.2, 0) is 11.2 Å². The van der Waals surface area contributed by atoms with Crippen LogP contribution in [0.1, 0.15) is 39.2 Å². The minimum Gasteiger partial charge on any atom is -0.444 e. The average Bonchev–Trinajstić information content (AvgIpc) is 2.48. The molecule has 1 saturated carbocycles. The molecule has 4 rings (SSSR count). The van der Waals surface area contributed by atoms with E-state index in [4.69, 9.17) is 4.74 Å². The smallest absolute Gasteiger partial charge is 0.411 e. The predicted octanol–water partition coefficient (Wildman–Crippen LogP) is 4.50. The van der Waals surface area contributed by atoms with Gasteiger partial charge in [0.2, 0.25) is 0 Å². The summed E-state index contributed by atoms with van der Waals surface area (Å²) < 4.78 is 33.6. The lowest BCUT2D eigenvalue weighted by Gasteiger charge is -2.53. The van der Waals surface area contributed by atoms with E-state index in [1.807, 2.05) is 0 Å². The number of benzene rings is 1. The summed E-state index contributed by atoms with van der Waals surface area (Å²) in [5.74, 6) is -1.12. The second-order valence-corrected chi connectivity index (χ2v) is 8.67. The number of fused-ring (bicyclic) bond motifs is 2. The van der Waals surface area contributed by atoms with Gasteiger partial charge in [-0.15, -0.1) is 0 Å². The Kier molecular flexibility index (Phi) is 4.98. The van der Waals surface area contributed by atoms with Crippen LogP contribution in [0.2, 0.25) is 0 Å². The second kappa shape index (κ2) is 6.79. The van der Waals surface area contributed by atoms with Crippen molar-refractivity contribution in [3.8, 4) is 0 Å². The van der Waals surface area contributed by atoms with Crippen molar-refractivity contribution in [3.05, 3.63) is 33.8 Å². The van der Waals surface area contributed by atoms with E-state index < -0.39 is 29.4 Å². The van der Waals surface area contributed by atoms with Gasteiger partial charge in [0.05, 0.1) is 16.2 Å². The number of hydrogen-bond donors (Lipinski definition) is 1. The molecule has 2 saturated heterocycles. The zero-order valence-electron chi connectivity index (χ0n) is 14.8. The van der Waals surface area contributed by atoms with Crippen molar-refractivity contribution in [1.82, 2.24) is 4.90 Å². The molecule has 1 atom stereocenters. The molecule has 3 fully saturated rings. The quantitative estimate of drug-likeness (QED) is 0.426. The molecule has 3 aliphatic rings. The molecule has 0 aromatic heterocycles. The highest BCUT2D eigenvalue weighted by molar-refractivity contribution is 9.10. The third-order valence-corrected chi connectivity index (χ3v) is 5.38. The first-order chi connectivity index (χ1) is 12.1. The number of ether oxygens (including phenoxy) is 1. The first kappa shape index (κ1) is 19.1. The molecule has 1 aromatic carbocycles. The second-order valence-electron chi connectivity index (χ2n) is 7.82. The van der Waals surface area contributed by atoms with Gasteiger partial charge in [-0.1, -0.05) is 5.16 Å². The molecule has 5 nitrogen and oxygen atoms in total. The van der Waals surface area contributed by atoms with Crippen LogP contribution in [0.15, 0.2) is 21.8 Å². The molecule has 1 aromatic rings. The van der Waals surface area contributed by atoms with Crippen molar-refractivity contribution in [2.24, 2.45) is 11.1 Å². The Bertz CT molecular complexity index is 758. The zero-order valence-corrected chi connectivity index (χ0v) is 16.4. The van der Waals surface area contributed by atoms with Crippen LogP contribution in [0.25, 0.3) is 0 Å². The van der Waals surface area contributed by atoms with Gasteiger partial charge in [0.1, 0.15) is 17.2 Å². The van der Waals surface area contributed by atoms with Crippen molar-refractivity contribution < 1.29 is 23.5 Å². The summed E-state index contributed by atoms with van der Waals surface area (Å²) in [7, 11) is 0. The predicted molar refractivity (Wildman–Crippen MR) is 95.4 cm³/mol. The first-order valence-corrected chi connectivity index (χ1v) is 9.26. The number of carbonyl (C=O) groups is 1. The van der Waals surface area contributed by atoms with Crippen LogP contribution in [0.5, 0.6) is 0 Å². The fraction of sp³-hybridized carbons (Fsp3) is 0.556. The molecule has 1 N–H and O–H groups in total. The lowest BCUT2D eigenvalue weighted by atomic mass is 9.68. The topological polar surface area (TPSA) is 62.1 Å². The highest BCUT2D eigenvalue weighted by Crippen LogP contribution is 2.43. The molecule has 0 spiro atoms.